The van der Waals surface area contributed by atoms with Crippen molar-refractivity contribution in [2.75, 3.05) is 5.88 Å². The number of aryl methyl sites for hydroxylation is 2. The number of allylic oxidation sites excluding steroid dienone is 1. The van der Waals surface area contributed by atoms with Crippen LogP contribution >= 0.6 is 11.6 Å². The van der Waals surface area contributed by atoms with E-state index >= 15 is 0 Å². The van der Waals surface area contributed by atoms with E-state index in [0.717, 1.165) is 5.92 Å². The summed E-state index contributed by atoms with van der Waals surface area (Å²) in [6, 6.07) is 6.65. The van der Waals surface area contributed by atoms with Crippen LogP contribution in [0.3, 0.4) is 0 Å². The minimum atomic E-state index is 0.679. The van der Waals surface area contributed by atoms with Crippen LogP contribution in [0.25, 0.3) is 6.08 Å². The molecule has 0 aliphatic heterocycles. The summed E-state index contributed by atoms with van der Waals surface area (Å²) in [6.45, 7) is 4.33. The zero-order valence-electron chi connectivity index (χ0n) is 11.5. The summed E-state index contributed by atoms with van der Waals surface area (Å²) in [5, 5.41) is 0. The molecule has 0 heterocycles. The van der Waals surface area contributed by atoms with Crippen molar-refractivity contribution >= 4 is 17.7 Å². The first-order valence-electron chi connectivity index (χ1n) is 7.04. The minimum absolute atomic E-state index is 0.679. The van der Waals surface area contributed by atoms with Crippen molar-refractivity contribution in [2.24, 2.45) is 5.92 Å². The third-order valence-corrected chi connectivity index (χ3v) is 4.37. The van der Waals surface area contributed by atoms with Crippen LogP contribution in [0.4, 0.5) is 0 Å². The van der Waals surface area contributed by atoms with Gasteiger partial charge in [-0.15, -0.1) is 11.6 Å². The highest BCUT2D eigenvalue weighted by molar-refractivity contribution is 6.19. The van der Waals surface area contributed by atoms with Crippen LogP contribution in [0.5, 0.6) is 0 Å². The lowest BCUT2D eigenvalue weighted by Gasteiger charge is -2.23. The van der Waals surface area contributed by atoms with Crippen molar-refractivity contribution in [2.45, 2.75) is 46.0 Å². The molecule has 1 fully saturated rings. The first kappa shape index (κ1) is 13.7. The Balaban J connectivity index is 2.24. The van der Waals surface area contributed by atoms with Crippen LogP contribution < -0.4 is 0 Å². The molecule has 1 heteroatoms. The lowest BCUT2D eigenvalue weighted by molar-refractivity contribution is 0.405. The van der Waals surface area contributed by atoms with Crippen molar-refractivity contribution in [3.05, 3.63) is 40.5 Å². The molecule has 1 aliphatic carbocycles. The molecule has 0 spiro atoms. The second kappa shape index (κ2) is 6.43. The molecule has 1 aromatic carbocycles. The van der Waals surface area contributed by atoms with E-state index in [0.29, 0.717) is 5.88 Å². The molecule has 0 saturated heterocycles. The van der Waals surface area contributed by atoms with E-state index in [9.17, 15) is 0 Å². The smallest absolute Gasteiger partial charge is 0.0439 e. The van der Waals surface area contributed by atoms with E-state index in [-0.39, 0.29) is 0 Å². The largest absolute Gasteiger partial charge is 0.122 e. The highest BCUT2D eigenvalue weighted by Gasteiger charge is 2.17. The normalized spacial score (nSPS) is 18.1. The van der Waals surface area contributed by atoms with Crippen LogP contribution in [-0.2, 0) is 0 Å². The lowest BCUT2D eigenvalue weighted by Crippen LogP contribution is -2.10. The van der Waals surface area contributed by atoms with E-state index in [4.69, 9.17) is 11.6 Å². The maximum atomic E-state index is 6.17. The molecule has 0 unspecified atom stereocenters. The van der Waals surface area contributed by atoms with Gasteiger partial charge in [0.15, 0.2) is 0 Å². The molecule has 0 aromatic heterocycles. The summed E-state index contributed by atoms with van der Waals surface area (Å²) in [5.41, 5.74) is 5.45. The topological polar surface area (TPSA) is 0 Å². The first-order chi connectivity index (χ1) is 8.70. The summed E-state index contributed by atoms with van der Waals surface area (Å²) >= 11 is 6.17. The Bertz CT molecular complexity index is 425. The number of hydrogen-bond donors (Lipinski definition) is 0. The average molecular weight is 263 g/mol. The summed E-state index contributed by atoms with van der Waals surface area (Å²) in [6.07, 6.45) is 9.12. The molecule has 2 rings (SSSR count). The molecule has 1 aromatic rings. The Morgan fingerprint density at radius 3 is 2.61 bits per heavy atom. The number of benzene rings is 1. The van der Waals surface area contributed by atoms with Crippen LogP contribution in [0.15, 0.2) is 23.8 Å². The van der Waals surface area contributed by atoms with Crippen LogP contribution in [0, 0.1) is 19.8 Å². The minimum Gasteiger partial charge on any atom is -0.122 e. The predicted octanol–water partition coefficient (Wildman–Crippen LogP) is 5.51. The molecule has 0 N–H and O–H groups in total. The van der Waals surface area contributed by atoms with Crippen LogP contribution in [0.1, 0.15) is 48.8 Å². The SMILES string of the molecule is Cc1ccc(C)c(C=C(CCl)C2CCCCC2)c1. The van der Waals surface area contributed by atoms with Gasteiger partial charge in [0.1, 0.15) is 0 Å². The second-order valence-corrected chi connectivity index (χ2v) is 5.82. The Kier molecular flexibility index (Phi) is 4.88. The Labute approximate surface area is 116 Å². The molecular formula is C17H23Cl. The molecule has 1 aliphatic rings. The highest BCUT2D eigenvalue weighted by atomic mass is 35.5. The molecule has 18 heavy (non-hydrogen) atoms. The van der Waals surface area contributed by atoms with Gasteiger partial charge in [-0.1, -0.05) is 54.7 Å². The molecule has 0 radical (unpaired) electrons. The van der Waals surface area contributed by atoms with Crippen molar-refractivity contribution in [3.8, 4) is 0 Å². The highest BCUT2D eigenvalue weighted by Crippen LogP contribution is 2.31. The maximum Gasteiger partial charge on any atom is 0.0439 e. The zero-order valence-corrected chi connectivity index (χ0v) is 12.3. The Morgan fingerprint density at radius 2 is 1.94 bits per heavy atom. The van der Waals surface area contributed by atoms with Gasteiger partial charge in [-0.2, -0.15) is 0 Å². The van der Waals surface area contributed by atoms with Crippen molar-refractivity contribution in [1.82, 2.24) is 0 Å². The molecule has 0 amide bonds. The predicted molar refractivity (Wildman–Crippen MR) is 81.2 cm³/mol. The molecule has 0 atom stereocenters. The van der Waals surface area contributed by atoms with Gasteiger partial charge in [0, 0.05) is 5.88 Å². The van der Waals surface area contributed by atoms with Crippen LogP contribution in [0.2, 0.25) is 0 Å². The Hall–Kier alpha value is -0.750. The molecule has 1 saturated carbocycles. The first-order valence-corrected chi connectivity index (χ1v) is 7.58. The van der Waals surface area contributed by atoms with Gasteiger partial charge in [0.25, 0.3) is 0 Å². The van der Waals surface area contributed by atoms with Crippen LogP contribution in [-0.4, -0.2) is 5.88 Å². The van der Waals surface area contributed by atoms with E-state index in [1.54, 1.807) is 0 Å². The van der Waals surface area contributed by atoms with Gasteiger partial charge < -0.3 is 0 Å². The summed E-state index contributed by atoms with van der Waals surface area (Å²) in [4.78, 5) is 0. The fraction of sp³-hybridized carbons (Fsp3) is 0.529. The molecular weight excluding hydrogens is 240 g/mol. The number of rotatable bonds is 3. The van der Waals surface area contributed by atoms with Gasteiger partial charge in [-0.3, -0.25) is 0 Å². The quantitative estimate of drug-likeness (QED) is 0.631. The third-order valence-electron chi connectivity index (χ3n) is 4.06. The van der Waals surface area contributed by atoms with Gasteiger partial charge >= 0.3 is 0 Å². The van der Waals surface area contributed by atoms with Crippen molar-refractivity contribution in [1.29, 1.82) is 0 Å². The monoisotopic (exact) mass is 262 g/mol. The van der Waals surface area contributed by atoms with Crippen molar-refractivity contribution in [3.63, 3.8) is 0 Å². The molecule has 98 valence electrons. The lowest BCUT2D eigenvalue weighted by atomic mass is 9.83. The van der Waals surface area contributed by atoms with Gasteiger partial charge in [-0.25, -0.2) is 0 Å². The average Bonchev–Trinajstić information content (AvgIpc) is 2.41. The third kappa shape index (κ3) is 3.38. The fourth-order valence-corrected chi connectivity index (χ4v) is 3.15. The zero-order chi connectivity index (χ0) is 13.0. The van der Waals surface area contributed by atoms with Gasteiger partial charge in [-0.05, 0) is 43.7 Å². The van der Waals surface area contributed by atoms with Gasteiger partial charge in [0.05, 0.1) is 0 Å². The van der Waals surface area contributed by atoms with E-state index < -0.39 is 0 Å². The van der Waals surface area contributed by atoms with E-state index in [2.05, 4.69) is 38.1 Å². The summed E-state index contributed by atoms with van der Waals surface area (Å²) in [5.74, 6) is 1.40. The molecule has 0 nitrogen and oxygen atoms in total. The number of hydrogen-bond acceptors (Lipinski definition) is 0. The second-order valence-electron chi connectivity index (χ2n) is 5.55. The van der Waals surface area contributed by atoms with Gasteiger partial charge in [0.2, 0.25) is 0 Å². The number of alkyl halides is 1. The van der Waals surface area contributed by atoms with Crippen molar-refractivity contribution < 1.29 is 0 Å². The van der Waals surface area contributed by atoms with E-state index in [1.807, 2.05) is 0 Å². The number of halogens is 1. The summed E-state index contributed by atoms with van der Waals surface area (Å²) in [7, 11) is 0. The van der Waals surface area contributed by atoms with E-state index in [1.165, 1.54) is 54.4 Å². The standard InChI is InChI=1S/C17H23Cl/c1-13-8-9-14(2)16(10-13)11-17(12-18)15-6-4-3-5-7-15/h8-11,15H,3-7,12H2,1-2H3. The summed E-state index contributed by atoms with van der Waals surface area (Å²) < 4.78 is 0. The fourth-order valence-electron chi connectivity index (χ4n) is 2.85. The maximum absolute atomic E-state index is 6.17. The Morgan fingerprint density at radius 1 is 1.22 bits per heavy atom. The molecule has 0 bridgehead atoms.